The number of carbonyl (C=O) groups excluding carboxylic acids is 1. The van der Waals surface area contributed by atoms with Gasteiger partial charge in [0.25, 0.3) is 0 Å². The maximum Gasteiger partial charge on any atom is 0.223 e. The van der Waals surface area contributed by atoms with E-state index in [4.69, 9.17) is 4.74 Å². The molecule has 0 spiro atoms. The molecule has 5 heteroatoms. The molecule has 0 saturated carbocycles. The zero-order valence-electron chi connectivity index (χ0n) is 16.0. The van der Waals surface area contributed by atoms with Crippen molar-refractivity contribution < 1.29 is 13.9 Å². The van der Waals surface area contributed by atoms with E-state index in [2.05, 4.69) is 48.3 Å². The summed E-state index contributed by atoms with van der Waals surface area (Å²) < 4.78 is 18.8. The van der Waals surface area contributed by atoms with Crippen LogP contribution in [0, 0.1) is 5.82 Å². The number of ether oxygens (including phenoxy) is 1. The maximum absolute atomic E-state index is 13.5. The number of benzene rings is 2. The lowest BCUT2D eigenvalue weighted by molar-refractivity contribution is -0.122. The number of para-hydroxylation sites is 1. The van der Waals surface area contributed by atoms with E-state index in [1.807, 2.05) is 0 Å². The monoisotopic (exact) mass is 370 g/mol. The van der Waals surface area contributed by atoms with E-state index in [0.717, 1.165) is 19.5 Å². The first-order valence-corrected chi connectivity index (χ1v) is 9.41. The molecule has 2 aromatic rings. The largest absolute Gasteiger partial charge is 0.490 e. The highest BCUT2D eigenvalue weighted by Gasteiger charge is 2.29. The summed E-state index contributed by atoms with van der Waals surface area (Å²) in [5.74, 6) is -0.321. The Morgan fingerprint density at radius 2 is 1.85 bits per heavy atom. The number of hydrogen-bond acceptors (Lipinski definition) is 3. The fourth-order valence-corrected chi connectivity index (χ4v) is 3.34. The molecule has 0 atom stereocenters. The Labute approximate surface area is 160 Å². The Kier molecular flexibility index (Phi) is 6.11. The molecule has 0 unspecified atom stereocenters. The van der Waals surface area contributed by atoms with Crippen LogP contribution in [-0.4, -0.2) is 36.0 Å². The quantitative estimate of drug-likeness (QED) is 0.810. The minimum atomic E-state index is -0.413. The molecule has 1 N–H and O–H groups in total. The third-order valence-corrected chi connectivity index (χ3v) is 5.13. The van der Waals surface area contributed by atoms with E-state index in [0.29, 0.717) is 6.54 Å². The molecule has 3 rings (SSSR count). The third-order valence-electron chi connectivity index (χ3n) is 5.13. The van der Waals surface area contributed by atoms with Gasteiger partial charge in [0, 0.05) is 25.2 Å². The fourth-order valence-electron chi connectivity index (χ4n) is 3.34. The van der Waals surface area contributed by atoms with Crippen molar-refractivity contribution >= 4 is 5.91 Å². The number of halogens is 1. The Morgan fingerprint density at radius 3 is 2.63 bits per heavy atom. The van der Waals surface area contributed by atoms with E-state index in [1.165, 1.54) is 17.2 Å². The van der Waals surface area contributed by atoms with Gasteiger partial charge >= 0.3 is 0 Å². The molecular weight excluding hydrogens is 343 g/mol. The van der Waals surface area contributed by atoms with E-state index < -0.39 is 5.82 Å². The Bertz CT molecular complexity index is 791. The number of nitrogens with zero attached hydrogens (tertiary/aromatic N) is 1. The predicted octanol–water partition coefficient (Wildman–Crippen LogP) is 3.55. The van der Waals surface area contributed by atoms with Crippen LogP contribution in [0.5, 0.6) is 5.75 Å². The maximum atomic E-state index is 13.5. The van der Waals surface area contributed by atoms with Gasteiger partial charge in [0.05, 0.1) is 13.0 Å². The second-order valence-electron chi connectivity index (χ2n) is 7.56. The molecule has 0 aliphatic carbocycles. The highest BCUT2D eigenvalue weighted by atomic mass is 19.1. The molecule has 0 fully saturated rings. The summed E-state index contributed by atoms with van der Waals surface area (Å²) in [4.78, 5) is 14.6. The fraction of sp³-hybridized carbons (Fsp3) is 0.409. The molecule has 4 nitrogen and oxygen atoms in total. The molecule has 2 aromatic carbocycles. The molecular formula is C22H27FN2O2. The van der Waals surface area contributed by atoms with Gasteiger partial charge in [0.2, 0.25) is 5.91 Å². The molecule has 144 valence electrons. The molecule has 27 heavy (non-hydrogen) atoms. The summed E-state index contributed by atoms with van der Waals surface area (Å²) in [5.41, 5.74) is 2.63. The SMILES string of the molecule is CC(C)(CNC(=O)CCOc1ccccc1F)N1CCc2ccccc2C1. The topological polar surface area (TPSA) is 41.6 Å². The summed E-state index contributed by atoms with van der Waals surface area (Å²) in [6, 6.07) is 14.7. The Balaban J connectivity index is 1.44. The molecule has 0 bridgehead atoms. The zero-order valence-corrected chi connectivity index (χ0v) is 16.0. The average molecular weight is 370 g/mol. The number of hydrogen-bond donors (Lipinski definition) is 1. The smallest absolute Gasteiger partial charge is 0.223 e. The van der Waals surface area contributed by atoms with Gasteiger partial charge in [-0.05, 0) is 43.5 Å². The van der Waals surface area contributed by atoms with Crippen LogP contribution in [0.4, 0.5) is 4.39 Å². The van der Waals surface area contributed by atoms with E-state index in [1.54, 1.807) is 18.2 Å². The second-order valence-corrected chi connectivity index (χ2v) is 7.56. The first kappa shape index (κ1) is 19.4. The highest BCUT2D eigenvalue weighted by molar-refractivity contribution is 5.76. The number of rotatable bonds is 7. The minimum absolute atomic E-state index is 0.0863. The molecule has 1 heterocycles. The second kappa shape index (κ2) is 8.53. The van der Waals surface area contributed by atoms with Crippen molar-refractivity contribution in [2.45, 2.75) is 38.8 Å². The number of carbonyl (C=O) groups is 1. The minimum Gasteiger partial charge on any atom is -0.490 e. The molecule has 0 aromatic heterocycles. The van der Waals surface area contributed by atoms with Crippen molar-refractivity contribution in [3.63, 3.8) is 0 Å². The van der Waals surface area contributed by atoms with Crippen molar-refractivity contribution in [2.75, 3.05) is 19.7 Å². The van der Waals surface area contributed by atoms with E-state index in [-0.39, 0.29) is 30.2 Å². The van der Waals surface area contributed by atoms with Crippen molar-refractivity contribution in [3.8, 4) is 5.75 Å². The van der Waals surface area contributed by atoms with Gasteiger partial charge in [0.1, 0.15) is 0 Å². The van der Waals surface area contributed by atoms with Gasteiger partial charge in [-0.15, -0.1) is 0 Å². The van der Waals surface area contributed by atoms with Gasteiger partial charge in [0.15, 0.2) is 11.6 Å². The van der Waals surface area contributed by atoms with Crippen molar-refractivity contribution in [2.24, 2.45) is 0 Å². The molecule has 1 aliphatic heterocycles. The van der Waals surface area contributed by atoms with Gasteiger partial charge in [-0.3, -0.25) is 9.69 Å². The van der Waals surface area contributed by atoms with E-state index in [9.17, 15) is 9.18 Å². The molecule has 0 saturated heterocycles. The van der Waals surface area contributed by atoms with Gasteiger partial charge in [-0.1, -0.05) is 36.4 Å². The summed E-state index contributed by atoms with van der Waals surface area (Å²) >= 11 is 0. The van der Waals surface area contributed by atoms with Crippen molar-refractivity contribution in [3.05, 3.63) is 65.5 Å². The van der Waals surface area contributed by atoms with Gasteiger partial charge in [-0.25, -0.2) is 4.39 Å². The molecule has 0 radical (unpaired) electrons. The highest BCUT2D eigenvalue weighted by Crippen LogP contribution is 2.25. The average Bonchev–Trinajstić information content (AvgIpc) is 2.67. The first-order valence-electron chi connectivity index (χ1n) is 9.41. The number of nitrogens with one attached hydrogen (secondary N) is 1. The van der Waals surface area contributed by atoms with Crippen LogP contribution in [0.3, 0.4) is 0 Å². The lowest BCUT2D eigenvalue weighted by Crippen LogP contribution is -2.53. The molecule has 1 aliphatic rings. The lowest BCUT2D eigenvalue weighted by atomic mass is 9.94. The lowest BCUT2D eigenvalue weighted by Gasteiger charge is -2.41. The molecule has 1 amide bonds. The Morgan fingerprint density at radius 1 is 1.15 bits per heavy atom. The summed E-state index contributed by atoms with van der Waals surface area (Å²) in [5, 5.41) is 2.99. The van der Waals surface area contributed by atoms with Crippen LogP contribution in [0.25, 0.3) is 0 Å². The first-order chi connectivity index (χ1) is 13.0. The van der Waals surface area contributed by atoms with Crippen LogP contribution in [0.2, 0.25) is 0 Å². The van der Waals surface area contributed by atoms with E-state index >= 15 is 0 Å². The summed E-state index contributed by atoms with van der Waals surface area (Å²) in [6.07, 6.45) is 1.23. The van der Waals surface area contributed by atoms with Crippen LogP contribution in [0.15, 0.2) is 48.5 Å². The third kappa shape index (κ3) is 5.07. The zero-order chi connectivity index (χ0) is 19.3. The van der Waals surface area contributed by atoms with Gasteiger partial charge < -0.3 is 10.1 Å². The van der Waals surface area contributed by atoms with Crippen LogP contribution < -0.4 is 10.1 Å². The van der Waals surface area contributed by atoms with Crippen molar-refractivity contribution in [1.29, 1.82) is 0 Å². The van der Waals surface area contributed by atoms with Crippen LogP contribution >= 0.6 is 0 Å². The normalized spacial score (nSPS) is 14.5. The number of fused-ring (bicyclic) bond motifs is 1. The van der Waals surface area contributed by atoms with Crippen LogP contribution in [0.1, 0.15) is 31.4 Å². The predicted molar refractivity (Wildman–Crippen MR) is 104 cm³/mol. The summed E-state index contributed by atoms with van der Waals surface area (Å²) in [7, 11) is 0. The van der Waals surface area contributed by atoms with Gasteiger partial charge in [-0.2, -0.15) is 0 Å². The van der Waals surface area contributed by atoms with Crippen molar-refractivity contribution in [1.82, 2.24) is 10.2 Å². The summed E-state index contributed by atoms with van der Waals surface area (Å²) in [6.45, 7) is 6.90. The van der Waals surface area contributed by atoms with Crippen LogP contribution in [-0.2, 0) is 17.8 Å². The standard InChI is InChI=1S/C22H27FN2O2/c1-22(2,25-13-11-17-7-3-4-8-18(17)15-25)16-24-21(26)12-14-27-20-10-6-5-9-19(20)23/h3-10H,11-16H2,1-2H3,(H,24,26). The Hall–Kier alpha value is -2.40. The number of amides is 1.